The van der Waals surface area contributed by atoms with E-state index < -0.39 is 10.0 Å². The summed E-state index contributed by atoms with van der Waals surface area (Å²) in [6, 6.07) is 22.8. The third-order valence-corrected chi connectivity index (χ3v) is 5.55. The van der Waals surface area contributed by atoms with Gasteiger partial charge in [0.25, 0.3) is 10.0 Å². The van der Waals surface area contributed by atoms with Crippen molar-refractivity contribution in [3.8, 4) is 6.07 Å². The first kappa shape index (κ1) is 18.4. The number of nitrogens with zero attached hydrogens (tertiary/aromatic N) is 3. The van der Waals surface area contributed by atoms with Gasteiger partial charge in [-0.05, 0) is 53.2 Å². The van der Waals surface area contributed by atoms with Gasteiger partial charge in [-0.1, -0.05) is 30.3 Å². The highest BCUT2D eigenvalue weighted by Gasteiger charge is 2.16. The zero-order valence-corrected chi connectivity index (χ0v) is 15.9. The van der Waals surface area contributed by atoms with Crippen LogP contribution in [0.1, 0.15) is 5.56 Å². The van der Waals surface area contributed by atoms with Gasteiger partial charge in [0.1, 0.15) is 5.82 Å². The van der Waals surface area contributed by atoms with Crippen LogP contribution < -0.4 is 10.0 Å². The van der Waals surface area contributed by atoms with Crippen LogP contribution in [0.3, 0.4) is 0 Å². The molecule has 0 aliphatic heterocycles. The maximum atomic E-state index is 12.8. The summed E-state index contributed by atoms with van der Waals surface area (Å²) in [6.07, 6.45) is 1.46. The van der Waals surface area contributed by atoms with Crippen molar-refractivity contribution < 1.29 is 8.42 Å². The number of nitriles is 1. The highest BCUT2D eigenvalue weighted by atomic mass is 32.2. The Morgan fingerprint density at radius 3 is 2.41 bits per heavy atom. The average Bonchev–Trinajstić information content (AvgIpc) is 2.74. The molecule has 142 valence electrons. The van der Waals surface area contributed by atoms with Gasteiger partial charge < -0.3 is 5.32 Å². The van der Waals surface area contributed by atoms with Crippen molar-refractivity contribution in [2.75, 3.05) is 10.0 Å². The molecule has 29 heavy (non-hydrogen) atoms. The molecule has 0 amide bonds. The first-order valence-corrected chi connectivity index (χ1v) is 10.1. The minimum absolute atomic E-state index is 0.143. The molecule has 0 atom stereocenters. The number of fused-ring (bicyclic) bond motifs is 1. The predicted molar refractivity (Wildman–Crippen MR) is 111 cm³/mol. The van der Waals surface area contributed by atoms with Gasteiger partial charge in [0.15, 0.2) is 0 Å². The van der Waals surface area contributed by atoms with Crippen molar-refractivity contribution in [3.63, 3.8) is 0 Å². The lowest BCUT2D eigenvalue weighted by Gasteiger charge is -2.10. The second kappa shape index (κ2) is 7.58. The second-order valence-corrected chi connectivity index (χ2v) is 7.88. The van der Waals surface area contributed by atoms with Crippen molar-refractivity contribution in [2.24, 2.45) is 0 Å². The van der Waals surface area contributed by atoms with Gasteiger partial charge in [-0.25, -0.2) is 13.4 Å². The summed E-state index contributed by atoms with van der Waals surface area (Å²) in [5.74, 6) is 0.373. The normalized spacial score (nSPS) is 11.0. The van der Waals surface area contributed by atoms with Crippen molar-refractivity contribution in [3.05, 3.63) is 84.6 Å². The summed E-state index contributed by atoms with van der Waals surface area (Å²) in [6.45, 7) is 0. The number of nitrogens with one attached hydrogen (secondary N) is 2. The maximum Gasteiger partial charge on any atom is 0.263 e. The van der Waals surface area contributed by atoms with Crippen LogP contribution >= 0.6 is 0 Å². The van der Waals surface area contributed by atoms with E-state index in [1.165, 1.54) is 12.3 Å². The van der Waals surface area contributed by atoms with Gasteiger partial charge in [-0.3, -0.25) is 4.72 Å². The molecule has 4 aromatic rings. The lowest BCUT2D eigenvalue weighted by molar-refractivity contribution is 0.601. The number of benzene rings is 3. The number of anilines is 3. The number of hydrogen-bond donors (Lipinski definition) is 2. The maximum absolute atomic E-state index is 12.8. The fraction of sp³-hybridized carbons (Fsp3) is 0. The van der Waals surface area contributed by atoms with Crippen LogP contribution in [0.15, 0.2) is 83.9 Å². The molecule has 0 spiro atoms. The summed E-state index contributed by atoms with van der Waals surface area (Å²) < 4.78 is 28.0. The third kappa shape index (κ3) is 4.15. The monoisotopic (exact) mass is 401 g/mol. The van der Waals surface area contributed by atoms with Gasteiger partial charge >= 0.3 is 0 Å². The summed E-state index contributed by atoms with van der Waals surface area (Å²) in [7, 11) is -3.81. The third-order valence-electron chi connectivity index (χ3n) is 4.20. The SMILES string of the molecule is N#Cc1ccc(Nc2nccc(NS(=O)(=O)c3ccc4ccccc4c3)n2)cc1. The molecule has 0 bridgehead atoms. The molecule has 2 N–H and O–H groups in total. The zero-order chi connectivity index (χ0) is 20.3. The van der Waals surface area contributed by atoms with E-state index in [0.717, 1.165) is 10.8 Å². The van der Waals surface area contributed by atoms with E-state index >= 15 is 0 Å². The van der Waals surface area contributed by atoms with E-state index in [0.29, 0.717) is 11.3 Å². The topological polar surface area (TPSA) is 108 Å². The highest BCUT2D eigenvalue weighted by Crippen LogP contribution is 2.21. The van der Waals surface area contributed by atoms with Crippen molar-refractivity contribution in [1.29, 1.82) is 5.26 Å². The lowest BCUT2D eigenvalue weighted by Crippen LogP contribution is -2.14. The number of sulfonamides is 1. The Hall–Kier alpha value is -3.96. The number of rotatable bonds is 5. The average molecular weight is 401 g/mol. The Kier molecular flexibility index (Phi) is 4.81. The van der Waals surface area contributed by atoms with E-state index in [9.17, 15) is 8.42 Å². The second-order valence-electron chi connectivity index (χ2n) is 6.19. The van der Waals surface area contributed by atoms with E-state index in [1.807, 2.05) is 30.3 Å². The molecular formula is C21H15N5O2S. The lowest BCUT2D eigenvalue weighted by atomic mass is 10.1. The van der Waals surface area contributed by atoms with Gasteiger partial charge in [-0.2, -0.15) is 10.2 Å². The van der Waals surface area contributed by atoms with Crippen LogP contribution in [0.25, 0.3) is 10.8 Å². The van der Waals surface area contributed by atoms with Crippen LogP contribution in [0.5, 0.6) is 0 Å². The van der Waals surface area contributed by atoms with Gasteiger partial charge in [0.05, 0.1) is 16.5 Å². The quantitative estimate of drug-likeness (QED) is 0.522. The number of hydrogen-bond acceptors (Lipinski definition) is 6. The molecule has 1 heterocycles. The van der Waals surface area contributed by atoms with Crippen molar-refractivity contribution >= 4 is 38.2 Å². The Balaban J connectivity index is 1.56. The molecule has 0 fully saturated rings. The minimum Gasteiger partial charge on any atom is -0.324 e. The fourth-order valence-electron chi connectivity index (χ4n) is 2.76. The summed E-state index contributed by atoms with van der Waals surface area (Å²) in [5.41, 5.74) is 1.21. The summed E-state index contributed by atoms with van der Waals surface area (Å²) in [5, 5.41) is 13.6. The van der Waals surface area contributed by atoms with Crippen LogP contribution in [-0.2, 0) is 10.0 Å². The van der Waals surface area contributed by atoms with Gasteiger partial charge in [0, 0.05) is 11.9 Å². The minimum atomic E-state index is -3.81. The van der Waals surface area contributed by atoms with Crippen LogP contribution in [0.2, 0.25) is 0 Å². The van der Waals surface area contributed by atoms with E-state index in [1.54, 1.807) is 42.5 Å². The molecule has 7 nitrogen and oxygen atoms in total. The molecule has 3 aromatic carbocycles. The van der Waals surface area contributed by atoms with Crippen LogP contribution in [0, 0.1) is 11.3 Å². The molecule has 0 unspecified atom stereocenters. The molecule has 0 aliphatic carbocycles. The Labute approximate surface area is 167 Å². The highest BCUT2D eigenvalue weighted by molar-refractivity contribution is 7.92. The smallest absolute Gasteiger partial charge is 0.263 e. The molecule has 0 saturated heterocycles. The Morgan fingerprint density at radius 2 is 1.66 bits per heavy atom. The Morgan fingerprint density at radius 1 is 0.897 bits per heavy atom. The van der Waals surface area contributed by atoms with Crippen molar-refractivity contribution in [2.45, 2.75) is 4.90 Å². The van der Waals surface area contributed by atoms with Gasteiger partial charge in [-0.15, -0.1) is 0 Å². The standard InChI is InChI=1S/C21H15N5O2S/c22-14-15-5-8-18(9-6-15)24-21-23-12-11-20(25-21)26-29(27,28)19-10-7-16-3-1-2-4-17(16)13-19/h1-13H,(H2,23,24,25,26). The predicted octanol–water partition coefficient (Wildman–Crippen LogP) is 4.05. The molecule has 0 aliphatic rings. The van der Waals surface area contributed by atoms with E-state index in [-0.39, 0.29) is 16.7 Å². The van der Waals surface area contributed by atoms with E-state index in [4.69, 9.17) is 5.26 Å². The summed E-state index contributed by atoms with van der Waals surface area (Å²) >= 11 is 0. The largest absolute Gasteiger partial charge is 0.324 e. The fourth-order valence-corrected chi connectivity index (χ4v) is 3.80. The van der Waals surface area contributed by atoms with Crippen LogP contribution in [-0.4, -0.2) is 18.4 Å². The zero-order valence-electron chi connectivity index (χ0n) is 15.1. The first-order valence-electron chi connectivity index (χ1n) is 8.65. The summed E-state index contributed by atoms with van der Waals surface area (Å²) in [4.78, 5) is 8.45. The molecule has 0 radical (unpaired) electrons. The Bertz CT molecular complexity index is 1330. The number of aromatic nitrogens is 2. The molecule has 8 heteroatoms. The first-order chi connectivity index (χ1) is 14.0. The molecule has 1 aromatic heterocycles. The molecule has 4 rings (SSSR count). The van der Waals surface area contributed by atoms with Crippen LogP contribution in [0.4, 0.5) is 17.5 Å². The van der Waals surface area contributed by atoms with Gasteiger partial charge in [0.2, 0.25) is 5.95 Å². The van der Waals surface area contributed by atoms with Crippen molar-refractivity contribution in [1.82, 2.24) is 9.97 Å². The molecule has 0 saturated carbocycles. The molecular weight excluding hydrogens is 386 g/mol. The van der Waals surface area contributed by atoms with E-state index in [2.05, 4.69) is 20.0 Å².